The average molecular weight is 254 g/mol. The summed E-state index contributed by atoms with van der Waals surface area (Å²) in [4.78, 5) is 13.5. The SMILES string of the molecule is CC1CCN(C2CCCCC2)C(CC(=O)O)CN1. The van der Waals surface area contributed by atoms with Crippen LogP contribution < -0.4 is 5.32 Å². The number of nitrogens with zero attached hydrogens (tertiary/aromatic N) is 1. The van der Waals surface area contributed by atoms with Crippen molar-refractivity contribution in [2.45, 2.75) is 70.0 Å². The van der Waals surface area contributed by atoms with Crippen LogP contribution in [0.3, 0.4) is 0 Å². The highest BCUT2D eigenvalue weighted by molar-refractivity contribution is 5.67. The fraction of sp³-hybridized carbons (Fsp3) is 0.929. The summed E-state index contributed by atoms with van der Waals surface area (Å²) in [5.41, 5.74) is 0. The van der Waals surface area contributed by atoms with E-state index in [1.165, 1.54) is 32.1 Å². The second-order valence-electron chi connectivity index (χ2n) is 5.88. The van der Waals surface area contributed by atoms with Gasteiger partial charge in [-0.2, -0.15) is 0 Å². The summed E-state index contributed by atoms with van der Waals surface area (Å²) >= 11 is 0. The highest BCUT2D eigenvalue weighted by Gasteiger charge is 2.31. The molecule has 2 N–H and O–H groups in total. The van der Waals surface area contributed by atoms with Crippen LogP contribution in [0.4, 0.5) is 0 Å². The molecule has 0 bridgehead atoms. The standard InChI is InChI=1S/C14H26N2O2/c1-11-7-8-16(12-5-3-2-4-6-12)13(10-15-11)9-14(17)18/h11-13,15H,2-10H2,1H3,(H,17,18). The summed E-state index contributed by atoms with van der Waals surface area (Å²) in [6.45, 7) is 4.07. The van der Waals surface area contributed by atoms with Crippen molar-refractivity contribution in [3.63, 3.8) is 0 Å². The van der Waals surface area contributed by atoms with Crippen LogP contribution in [0.2, 0.25) is 0 Å². The maximum absolute atomic E-state index is 11.0. The van der Waals surface area contributed by atoms with Gasteiger partial charge in [0, 0.05) is 31.2 Å². The number of hydrogen-bond donors (Lipinski definition) is 2. The summed E-state index contributed by atoms with van der Waals surface area (Å²) in [5.74, 6) is -0.669. The Morgan fingerprint density at radius 3 is 2.67 bits per heavy atom. The monoisotopic (exact) mass is 254 g/mol. The fourth-order valence-corrected chi connectivity index (χ4v) is 3.37. The minimum atomic E-state index is -0.669. The smallest absolute Gasteiger partial charge is 0.304 e. The molecule has 2 rings (SSSR count). The number of carboxylic acids is 1. The van der Waals surface area contributed by atoms with E-state index in [1.807, 2.05) is 0 Å². The second-order valence-corrected chi connectivity index (χ2v) is 5.88. The Hall–Kier alpha value is -0.610. The molecule has 0 amide bonds. The number of carbonyl (C=O) groups is 1. The lowest BCUT2D eigenvalue weighted by atomic mass is 9.92. The molecule has 2 atom stereocenters. The summed E-state index contributed by atoms with van der Waals surface area (Å²) < 4.78 is 0. The van der Waals surface area contributed by atoms with Gasteiger partial charge in [-0.1, -0.05) is 19.3 Å². The Balaban J connectivity index is 2.02. The van der Waals surface area contributed by atoms with Crippen molar-refractivity contribution in [3.8, 4) is 0 Å². The van der Waals surface area contributed by atoms with E-state index >= 15 is 0 Å². The minimum Gasteiger partial charge on any atom is -0.481 e. The third-order valence-electron chi connectivity index (χ3n) is 4.45. The molecular weight excluding hydrogens is 228 g/mol. The normalized spacial score (nSPS) is 32.1. The number of rotatable bonds is 3. The van der Waals surface area contributed by atoms with Gasteiger partial charge >= 0.3 is 5.97 Å². The Bertz CT molecular complexity index is 277. The second kappa shape index (κ2) is 6.53. The van der Waals surface area contributed by atoms with Crippen LogP contribution in [0.25, 0.3) is 0 Å². The summed E-state index contributed by atoms with van der Waals surface area (Å²) in [5, 5.41) is 12.5. The predicted molar refractivity (Wildman–Crippen MR) is 71.7 cm³/mol. The average Bonchev–Trinajstić information content (AvgIpc) is 2.53. The van der Waals surface area contributed by atoms with E-state index in [1.54, 1.807) is 0 Å². The van der Waals surface area contributed by atoms with Crippen LogP contribution in [0.1, 0.15) is 51.9 Å². The van der Waals surface area contributed by atoms with Crippen molar-refractivity contribution in [3.05, 3.63) is 0 Å². The van der Waals surface area contributed by atoms with Crippen molar-refractivity contribution in [2.24, 2.45) is 0 Å². The molecule has 0 aromatic carbocycles. The molecule has 4 nitrogen and oxygen atoms in total. The highest BCUT2D eigenvalue weighted by atomic mass is 16.4. The maximum atomic E-state index is 11.0. The number of nitrogens with one attached hydrogen (secondary N) is 1. The summed E-state index contributed by atoms with van der Waals surface area (Å²) in [6.07, 6.45) is 7.88. The Morgan fingerprint density at radius 2 is 2.00 bits per heavy atom. The molecule has 1 heterocycles. The van der Waals surface area contributed by atoms with E-state index in [0.29, 0.717) is 12.1 Å². The van der Waals surface area contributed by atoms with Gasteiger partial charge < -0.3 is 10.4 Å². The third-order valence-corrected chi connectivity index (χ3v) is 4.45. The molecule has 18 heavy (non-hydrogen) atoms. The van der Waals surface area contributed by atoms with Crippen LogP contribution in [0.5, 0.6) is 0 Å². The third kappa shape index (κ3) is 3.69. The van der Waals surface area contributed by atoms with E-state index in [-0.39, 0.29) is 12.5 Å². The maximum Gasteiger partial charge on any atom is 0.304 e. The topological polar surface area (TPSA) is 52.6 Å². The molecule has 0 radical (unpaired) electrons. The molecule has 0 aromatic rings. The van der Waals surface area contributed by atoms with Crippen LogP contribution in [-0.4, -0.2) is 47.2 Å². The van der Waals surface area contributed by atoms with Crippen molar-refractivity contribution in [2.75, 3.05) is 13.1 Å². The van der Waals surface area contributed by atoms with Crippen molar-refractivity contribution in [1.29, 1.82) is 0 Å². The molecule has 104 valence electrons. The van der Waals surface area contributed by atoms with Gasteiger partial charge in [0.2, 0.25) is 0 Å². The van der Waals surface area contributed by atoms with Gasteiger partial charge in [0.1, 0.15) is 0 Å². The van der Waals surface area contributed by atoms with Crippen LogP contribution >= 0.6 is 0 Å². The van der Waals surface area contributed by atoms with Crippen molar-refractivity contribution in [1.82, 2.24) is 10.2 Å². The highest BCUT2D eigenvalue weighted by Crippen LogP contribution is 2.26. The molecule has 2 fully saturated rings. The van der Waals surface area contributed by atoms with Crippen LogP contribution in [0, 0.1) is 0 Å². The molecule has 4 heteroatoms. The first kappa shape index (κ1) is 13.8. The van der Waals surface area contributed by atoms with Gasteiger partial charge in [0.15, 0.2) is 0 Å². The first-order valence-corrected chi connectivity index (χ1v) is 7.37. The minimum absolute atomic E-state index is 0.176. The Kier molecular flexibility index (Phi) is 5.01. The largest absolute Gasteiger partial charge is 0.481 e. The number of carboxylic acid groups (broad SMARTS) is 1. The quantitative estimate of drug-likeness (QED) is 0.807. The van der Waals surface area contributed by atoms with Gasteiger partial charge in [0.25, 0.3) is 0 Å². The molecule has 1 aliphatic carbocycles. The summed E-state index contributed by atoms with van der Waals surface area (Å²) in [7, 11) is 0. The van der Waals surface area contributed by atoms with Crippen molar-refractivity contribution >= 4 is 5.97 Å². The van der Waals surface area contributed by atoms with Gasteiger partial charge in [-0.15, -0.1) is 0 Å². The van der Waals surface area contributed by atoms with Crippen molar-refractivity contribution < 1.29 is 9.90 Å². The lowest BCUT2D eigenvalue weighted by Crippen LogP contribution is -2.47. The molecule has 1 saturated carbocycles. The molecule has 0 spiro atoms. The fourth-order valence-electron chi connectivity index (χ4n) is 3.37. The van der Waals surface area contributed by atoms with E-state index in [9.17, 15) is 4.79 Å². The molecule has 2 aliphatic rings. The van der Waals surface area contributed by atoms with E-state index < -0.39 is 5.97 Å². The van der Waals surface area contributed by atoms with Crippen LogP contribution in [0.15, 0.2) is 0 Å². The molecule has 1 aliphatic heterocycles. The lowest BCUT2D eigenvalue weighted by Gasteiger charge is -2.38. The van der Waals surface area contributed by atoms with Gasteiger partial charge in [0.05, 0.1) is 6.42 Å². The first-order chi connectivity index (χ1) is 8.66. The number of hydrogen-bond acceptors (Lipinski definition) is 3. The lowest BCUT2D eigenvalue weighted by molar-refractivity contribution is -0.138. The van der Waals surface area contributed by atoms with E-state index in [2.05, 4.69) is 17.1 Å². The van der Waals surface area contributed by atoms with E-state index in [4.69, 9.17) is 5.11 Å². The molecule has 1 saturated heterocycles. The Morgan fingerprint density at radius 1 is 1.28 bits per heavy atom. The first-order valence-electron chi connectivity index (χ1n) is 7.37. The van der Waals surface area contributed by atoms with Gasteiger partial charge in [-0.25, -0.2) is 0 Å². The molecule has 2 unspecified atom stereocenters. The van der Waals surface area contributed by atoms with Crippen LogP contribution in [-0.2, 0) is 4.79 Å². The van der Waals surface area contributed by atoms with E-state index in [0.717, 1.165) is 19.5 Å². The predicted octanol–water partition coefficient (Wildman–Crippen LogP) is 1.85. The zero-order valence-electron chi connectivity index (χ0n) is 11.4. The zero-order chi connectivity index (χ0) is 13.0. The summed E-state index contributed by atoms with van der Waals surface area (Å²) in [6, 6.07) is 1.31. The molecule has 0 aromatic heterocycles. The molecular formula is C14H26N2O2. The number of aliphatic carboxylic acids is 1. The Labute approximate surface area is 110 Å². The van der Waals surface area contributed by atoms with Gasteiger partial charge in [-0.05, 0) is 26.2 Å². The van der Waals surface area contributed by atoms with Gasteiger partial charge in [-0.3, -0.25) is 9.69 Å². The zero-order valence-corrected chi connectivity index (χ0v) is 11.4.